The number of hydrogen-bond donors (Lipinski definition) is 3. The van der Waals surface area contributed by atoms with Crippen LogP contribution in [0.5, 0.6) is 0 Å². The summed E-state index contributed by atoms with van der Waals surface area (Å²) in [5.74, 6) is -0.960. The number of amides is 3. The van der Waals surface area contributed by atoms with Gasteiger partial charge < -0.3 is 16.0 Å². The fourth-order valence-corrected chi connectivity index (χ4v) is 5.95. The molecule has 15 heteroatoms. The van der Waals surface area contributed by atoms with E-state index < -0.39 is 33.1 Å². The number of aromatic nitrogens is 2. The van der Waals surface area contributed by atoms with E-state index in [1.165, 1.54) is 42.8 Å². The zero-order valence-corrected chi connectivity index (χ0v) is 19.5. The maximum Gasteiger partial charge on any atom is 0.333 e. The lowest BCUT2D eigenvalue weighted by Gasteiger charge is -2.16. The highest BCUT2D eigenvalue weighted by atomic mass is 35.5. The highest BCUT2D eigenvalue weighted by molar-refractivity contribution is 7.95. The van der Waals surface area contributed by atoms with Gasteiger partial charge in [-0.2, -0.15) is 12.7 Å². The van der Waals surface area contributed by atoms with E-state index in [1.807, 2.05) is 5.32 Å². The topological polar surface area (TPSA) is 164 Å². The minimum Gasteiger partial charge on any atom is -0.351 e. The minimum absolute atomic E-state index is 0.00376. The van der Waals surface area contributed by atoms with Crippen molar-refractivity contribution < 1.29 is 22.4 Å². The number of carbonyl (C=O) groups is 1. The number of H-pyrrole nitrogens is 1. The van der Waals surface area contributed by atoms with Gasteiger partial charge in [0, 0.05) is 0 Å². The van der Waals surface area contributed by atoms with Crippen LogP contribution in [-0.4, -0.2) is 30.4 Å². The number of nitrogens with two attached hydrogens (primary N) is 1. The molecule has 0 aliphatic heterocycles. The summed E-state index contributed by atoms with van der Waals surface area (Å²) in [6.45, 7) is 0. The van der Waals surface area contributed by atoms with Crippen molar-refractivity contribution in [3.63, 3.8) is 0 Å². The molecule has 2 aromatic heterocycles. The van der Waals surface area contributed by atoms with Gasteiger partial charge in [-0.3, -0.25) is 9.59 Å². The molecule has 35 heavy (non-hydrogen) atoms. The average Bonchev–Trinajstić information content (AvgIpc) is 3.23. The third-order valence-corrected chi connectivity index (χ3v) is 8.03. The normalized spacial score (nSPS) is 11.4. The molecule has 4 rings (SSSR count). The molecule has 0 saturated carbocycles. The van der Waals surface area contributed by atoms with Crippen molar-refractivity contribution in [2.24, 2.45) is 5.73 Å². The number of nitrogens with zero attached hydrogens (tertiary/aromatic N) is 2. The van der Waals surface area contributed by atoms with E-state index in [0.29, 0.717) is 8.87 Å². The molecule has 11 nitrogen and oxygen atoms in total. The summed E-state index contributed by atoms with van der Waals surface area (Å²) >= 11 is 6.53. The largest absolute Gasteiger partial charge is 0.351 e. The summed E-state index contributed by atoms with van der Waals surface area (Å²) in [7, 11) is -4.30. The van der Waals surface area contributed by atoms with E-state index in [9.17, 15) is 32.0 Å². The molecule has 0 bridgehead atoms. The number of hydrogen-bond acceptors (Lipinski definition) is 7. The molecule has 0 aliphatic rings. The van der Waals surface area contributed by atoms with Crippen LogP contribution in [0.4, 0.5) is 20.6 Å². The van der Waals surface area contributed by atoms with Crippen molar-refractivity contribution in [1.29, 1.82) is 0 Å². The average molecular weight is 537 g/mol. The monoisotopic (exact) mass is 536 g/mol. The fraction of sp³-hybridized carbons (Fsp3) is 0. The molecule has 0 spiro atoms. The standard InChI is InChI=1S/C20H12ClFN5O6S2/c21-16-5-6-17(34-16)35(32,33)26(9-28)10-1-3-11(4-2-10)27-18(29)12-7-13(22)15(24-19(23)30)8-14(12)25-20(27)31/h1-8H,(H,25,31)(H3,23,24,30). The summed E-state index contributed by atoms with van der Waals surface area (Å²) in [6, 6.07) is 8.24. The Hall–Kier alpha value is -4.01. The van der Waals surface area contributed by atoms with Crippen LogP contribution >= 0.6 is 22.9 Å². The predicted molar refractivity (Wildman–Crippen MR) is 128 cm³/mol. The van der Waals surface area contributed by atoms with Gasteiger partial charge >= 0.3 is 18.1 Å². The number of benzene rings is 2. The molecule has 4 N–H and O–H groups in total. The second-order valence-corrected chi connectivity index (χ2v) is 10.6. The van der Waals surface area contributed by atoms with Crippen LogP contribution in [0.3, 0.4) is 0 Å². The number of nitrogens with one attached hydrogen (secondary N) is 2. The van der Waals surface area contributed by atoms with Crippen molar-refractivity contribution in [3.05, 3.63) is 79.5 Å². The maximum atomic E-state index is 14.3. The Morgan fingerprint density at radius 2 is 1.86 bits per heavy atom. The van der Waals surface area contributed by atoms with E-state index in [4.69, 9.17) is 17.3 Å². The first-order valence-electron chi connectivity index (χ1n) is 9.37. The number of urea groups is 1. The van der Waals surface area contributed by atoms with Crippen molar-refractivity contribution in [3.8, 4) is 5.69 Å². The number of aromatic amines is 1. The van der Waals surface area contributed by atoms with Crippen LogP contribution in [0.15, 0.2) is 62.3 Å². The quantitative estimate of drug-likeness (QED) is 0.320. The molecule has 179 valence electrons. The number of primary amides is 1. The van der Waals surface area contributed by atoms with Crippen LogP contribution in [0.1, 0.15) is 0 Å². The Morgan fingerprint density at radius 3 is 2.43 bits per heavy atom. The van der Waals surface area contributed by atoms with Gasteiger partial charge in [0.05, 0.1) is 32.3 Å². The lowest BCUT2D eigenvalue weighted by atomic mass is 10.2. The van der Waals surface area contributed by atoms with Gasteiger partial charge in [0.1, 0.15) is 10.0 Å². The van der Waals surface area contributed by atoms with Gasteiger partial charge in [0.2, 0.25) is 0 Å². The van der Waals surface area contributed by atoms with Gasteiger partial charge in [-0.05, 0) is 48.5 Å². The molecule has 0 unspecified atom stereocenters. The Bertz CT molecular complexity index is 1710. The zero-order valence-electron chi connectivity index (χ0n) is 17.1. The molecule has 0 saturated heterocycles. The van der Waals surface area contributed by atoms with Crippen molar-refractivity contribution in [1.82, 2.24) is 9.55 Å². The van der Waals surface area contributed by atoms with Crippen LogP contribution < -0.4 is 26.6 Å². The first kappa shape index (κ1) is 24.1. The smallest absolute Gasteiger partial charge is 0.333 e. The van der Waals surface area contributed by atoms with E-state index in [0.717, 1.165) is 23.5 Å². The third kappa shape index (κ3) is 4.41. The van der Waals surface area contributed by atoms with Crippen LogP contribution in [0.25, 0.3) is 16.6 Å². The van der Waals surface area contributed by atoms with Gasteiger partial charge in [-0.15, -0.1) is 11.3 Å². The van der Waals surface area contributed by atoms with E-state index in [-0.39, 0.29) is 36.5 Å². The maximum absolute atomic E-state index is 14.3. The summed E-state index contributed by atoms with van der Waals surface area (Å²) in [4.78, 5) is 50.5. The molecular weight excluding hydrogens is 525 g/mol. The van der Waals surface area contributed by atoms with Crippen molar-refractivity contribution in [2.45, 2.75) is 4.21 Å². The summed E-state index contributed by atoms with van der Waals surface area (Å²) in [5.41, 5.74) is 2.69. The lowest BCUT2D eigenvalue weighted by molar-refractivity contribution is 0.259. The lowest BCUT2D eigenvalue weighted by Crippen LogP contribution is -2.34. The van der Waals surface area contributed by atoms with Gasteiger partial charge in [-0.1, -0.05) is 11.6 Å². The highest BCUT2D eigenvalue weighted by Gasteiger charge is 2.27. The van der Waals surface area contributed by atoms with Crippen molar-refractivity contribution >= 4 is 67.7 Å². The fourth-order valence-electron chi connectivity index (χ4n) is 3.20. The zero-order chi connectivity index (χ0) is 25.5. The summed E-state index contributed by atoms with van der Waals surface area (Å²) in [6.07, 6.45) is 1.34. The molecule has 0 atom stereocenters. The van der Waals surface area contributed by atoms with Gasteiger partial charge in [-0.25, -0.2) is 18.5 Å². The number of sulfonamides is 1. The van der Waals surface area contributed by atoms with Crippen LogP contribution in [0, 0.1) is 5.82 Å². The predicted octanol–water partition coefficient (Wildman–Crippen LogP) is 2.29. The highest BCUT2D eigenvalue weighted by Crippen LogP contribution is 2.30. The summed E-state index contributed by atoms with van der Waals surface area (Å²) in [5, 5.41) is 1.83. The number of fused-ring (bicyclic) bond motifs is 1. The Kier molecular flexibility index (Phi) is 6.19. The molecule has 0 aliphatic carbocycles. The van der Waals surface area contributed by atoms with E-state index in [2.05, 4.69) is 4.98 Å². The van der Waals surface area contributed by atoms with E-state index >= 15 is 0 Å². The summed E-state index contributed by atoms with van der Waals surface area (Å²) < 4.78 is 40.9. The first-order valence-corrected chi connectivity index (χ1v) is 12.0. The van der Waals surface area contributed by atoms with Crippen LogP contribution in [-0.2, 0) is 14.8 Å². The van der Waals surface area contributed by atoms with Crippen LogP contribution in [0.2, 0.25) is 4.34 Å². The van der Waals surface area contributed by atoms with E-state index in [1.54, 1.807) is 0 Å². The Labute approximate surface area is 204 Å². The second kappa shape index (κ2) is 8.98. The Balaban J connectivity index is 1.77. The molecule has 0 fully saturated rings. The number of carbonyl (C=O) groups excluding carboxylic acids is 2. The molecule has 2 aromatic carbocycles. The molecule has 1 radical (unpaired) electrons. The third-order valence-electron chi connectivity index (χ3n) is 4.71. The molecule has 3 amide bonds. The SMILES string of the molecule is NC(=O)Nc1cc2[nH]c(=O)n(-c3ccc(N([C]=O)S(=O)(=O)c4ccc(Cl)s4)cc3)c(=O)c2cc1F. The van der Waals surface area contributed by atoms with Gasteiger partial charge in [0.25, 0.3) is 15.6 Å². The Morgan fingerprint density at radius 1 is 1.17 bits per heavy atom. The minimum atomic E-state index is -4.30. The van der Waals surface area contributed by atoms with Gasteiger partial charge in [0.15, 0.2) is 0 Å². The molecule has 2 heterocycles. The number of anilines is 2. The molecule has 4 aromatic rings. The van der Waals surface area contributed by atoms with Crippen molar-refractivity contribution in [2.75, 3.05) is 9.62 Å². The second-order valence-electron chi connectivity index (χ2n) is 6.87. The number of halogens is 2. The number of thiophene rings is 1. The molecular formula is C20H12ClFN5O6S2. The first-order chi connectivity index (χ1) is 16.5. The number of rotatable bonds is 6.